The standard InChI is InChI=1S/C15H25N5O/c16-5-1-2-7-18-9-11-19(12-10-18)14-15(21)20(8-6-17-14)13-3-4-13/h6,8,13H,1-5,7,9-12,16H2. The highest BCUT2D eigenvalue weighted by molar-refractivity contribution is 5.36. The maximum Gasteiger partial charge on any atom is 0.293 e. The van der Waals surface area contributed by atoms with Gasteiger partial charge in [-0.2, -0.15) is 0 Å². The third kappa shape index (κ3) is 3.44. The molecule has 1 saturated heterocycles. The van der Waals surface area contributed by atoms with Crippen LogP contribution in [0.25, 0.3) is 0 Å². The molecule has 3 rings (SSSR count). The first-order valence-corrected chi connectivity index (χ1v) is 8.04. The van der Waals surface area contributed by atoms with Crippen molar-refractivity contribution in [3.05, 3.63) is 22.7 Å². The Morgan fingerprint density at radius 2 is 1.95 bits per heavy atom. The Kier molecular flexibility index (Phi) is 4.55. The zero-order valence-electron chi connectivity index (χ0n) is 12.6. The Labute approximate surface area is 125 Å². The highest BCUT2D eigenvalue weighted by atomic mass is 16.1. The van der Waals surface area contributed by atoms with Crippen molar-refractivity contribution in [1.82, 2.24) is 14.5 Å². The molecular weight excluding hydrogens is 266 g/mol. The number of hydrogen-bond acceptors (Lipinski definition) is 5. The molecule has 2 fully saturated rings. The molecule has 1 aliphatic heterocycles. The topological polar surface area (TPSA) is 67.4 Å². The molecular formula is C15H25N5O. The fourth-order valence-corrected chi connectivity index (χ4v) is 2.93. The summed E-state index contributed by atoms with van der Waals surface area (Å²) in [6.45, 7) is 5.67. The highest BCUT2D eigenvalue weighted by Gasteiger charge is 2.27. The lowest BCUT2D eigenvalue weighted by molar-refractivity contribution is 0.252. The molecule has 1 aliphatic carbocycles. The van der Waals surface area contributed by atoms with Crippen molar-refractivity contribution < 1.29 is 0 Å². The first-order chi connectivity index (χ1) is 10.3. The van der Waals surface area contributed by atoms with Crippen molar-refractivity contribution in [1.29, 1.82) is 0 Å². The average Bonchev–Trinajstić information content (AvgIpc) is 3.33. The van der Waals surface area contributed by atoms with Crippen LogP contribution in [-0.2, 0) is 0 Å². The van der Waals surface area contributed by atoms with Crippen molar-refractivity contribution in [2.45, 2.75) is 31.7 Å². The van der Waals surface area contributed by atoms with Crippen molar-refractivity contribution >= 4 is 5.82 Å². The maximum atomic E-state index is 12.5. The Morgan fingerprint density at radius 1 is 1.19 bits per heavy atom. The molecule has 2 N–H and O–H groups in total. The van der Waals surface area contributed by atoms with E-state index in [0.717, 1.165) is 65.0 Å². The lowest BCUT2D eigenvalue weighted by atomic mass is 10.2. The Morgan fingerprint density at radius 3 is 2.62 bits per heavy atom. The van der Waals surface area contributed by atoms with Gasteiger partial charge in [-0.25, -0.2) is 4.98 Å². The van der Waals surface area contributed by atoms with Gasteiger partial charge in [-0.3, -0.25) is 9.69 Å². The number of aromatic nitrogens is 2. The van der Waals surface area contributed by atoms with Gasteiger partial charge in [0.15, 0.2) is 5.82 Å². The predicted octanol–water partition coefficient (Wildman–Crippen LogP) is 0.439. The second-order valence-corrected chi connectivity index (χ2v) is 6.02. The number of hydrogen-bond donors (Lipinski definition) is 1. The molecule has 0 aromatic carbocycles. The largest absolute Gasteiger partial charge is 0.349 e. The summed E-state index contributed by atoms with van der Waals surface area (Å²) < 4.78 is 1.86. The molecule has 2 heterocycles. The van der Waals surface area contributed by atoms with Gasteiger partial charge in [-0.1, -0.05) is 0 Å². The fourth-order valence-electron chi connectivity index (χ4n) is 2.93. The monoisotopic (exact) mass is 291 g/mol. The number of unbranched alkanes of at least 4 members (excludes halogenated alkanes) is 1. The maximum absolute atomic E-state index is 12.5. The van der Waals surface area contributed by atoms with Gasteiger partial charge in [0.05, 0.1) is 0 Å². The van der Waals surface area contributed by atoms with Gasteiger partial charge < -0.3 is 15.2 Å². The summed E-state index contributed by atoms with van der Waals surface area (Å²) >= 11 is 0. The minimum absolute atomic E-state index is 0.0802. The van der Waals surface area contributed by atoms with Crippen molar-refractivity contribution in [3.8, 4) is 0 Å². The number of nitrogens with two attached hydrogens (primary N) is 1. The minimum atomic E-state index is 0.0802. The van der Waals surface area contributed by atoms with Gasteiger partial charge in [0.25, 0.3) is 5.56 Å². The van der Waals surface area contributed by atoms with E-state index in [2.05, 4.69) is 14.8 Å². The van der Waals surface area contributed by atoms with Gasteiger partial charge in [-0.15, -0.1) is 0 Å². The molecule has 1 aromatic rings. The van der Waals surface area contributed by atoms with E-state index in [-0.39, 0.29) is 5.56 Å². The summed E-state index contributed by atoms with van der Waals surface area (Å²) in [5.41, 5.74) is 5.61. The highest BCUT2D eigenvalue weighted by Crippen LogP contribution is 2.33. The summed E-state index contributed by atoms with van der Waals surface area (Å²) in [5.74, 6) is 0.631. The van der Waals surface area contributed by atoms with Gasteiger partial charge in [-0.05, 0) is 38.8 Å². The Bertz CT molecular complexity index is 517. The second kappa shape index (κ2) is 6.58. The zero-order chi connectivity index (χ0) is 14.7. The van der Waals surface area contributed by atoms with Crippen LogP contribution < -0.4 is 16.2 Å². The molecule has 0 atom stereocenters. The van der Waals surface area contributed by atoms with Crippen molar-refractivity contribution in [2.24, 2.45) is 5.73 Å². The van der Waals surface area contributed by atoms with E-state index in [4.69, 9.17) is 5.73 Å². The van der Waals surface area contributed by atoms with E-state index in [1.165, 1.54) is 0 Å². The van der Waals surface area contributed by atoms with E-state index in [1.54, 1.807) is 6.20 Å². The van der Waals surface area contributed by atoms with Crippen molar-refractivity contribution in [2.75, 3.05) is 44.2 Å². The van der Waals surface area contributed by atoms with E-state index in [9.17, 15) is 4.79 Å². The van der Waals surface area contributed by atoms with Gasteiger partial charge in [0.2, 0.25) is 0 Å². The molecule has 6 heteroatoms. The second-order valence-electron chi connectivity index (χ2n) is 6.02. The smallest absolute Gasteiger partial charge is 0.293 e. The first kappa shape index (κ1) is 14.5. The van der Waals surface area contributed by atoms with Gasteiger partial charge >= 0.3 is 0 Å². The summed E-state index contributed by atoms with van der Waals surface area (Å²) in [6, 6.07) is 0.414. The Hall–Kier alpha value is -1.40. The van der Waals surface area contributed by atoms with Gasteiger partial charge in [0.1, 0.15) is 0 Å². The molecule has 1 aromatic heterocycles. The molecule has 1 saturated carbocycles. The van der Waals surface area contributed by atoms with E-state index >= 15 is 0 Å². The first-order valence-electron chi connectivity index (χ1n) is 8.04. The molecule has 0 amide bonds. The van der Waals surface area contributed by atoms with Crippen LogP contribution in [-0.4, -0.2) is 53.7 Å². The van der Waals surface area contributed by atoms with Crippen LogP contribution in [0.2, 0.25) is 0 Å². The summed E-state index contributed by atoms with van der Waals surface area (Å²) in [6.07, 6.45) is 8.09. The van der Waals surface area contributed by atoms with Crippen LogP contribution in [0.4, 0.5) is 5.82 Å². The predicted molar refractivity (Wildman–Crippen MR) is 83.7 cm³/mol. The van der Waals surface area contributed by atoms with Crippen LogP contribution in [0, 0.1) is 0 Å². The van der Waals surface area contributed by atoms with Crippen LogP contribution in [0.1, 0.15) is 31.7 Å². The quantitative estimate of drug-likeness (QED) is 0.770. The number of anilines is 1. The molecule has 116 valence electrons. The summed E-state index contributed by atoms with van der Waals surface area (Å²) in [4.78, 5) is 21.4. The average molecular weight is 291 g/mol. The number of rotatable bonds is 6. The SMILES string of the molecule is NCCCCN1CCN(c2nccn(C3CC3)c2=O)CC1. The van der Waals surface area contributed by atoms with Crippen LogP contribution in [0.5, 0.6) is 0 Å². The fraction of sp³-hybridized carbons (Fsp3) is 0.733. The van der Waals surface area contributed by atoms with E-state index < -0.39 is 0 Å². The third-order valence-electron chi connectivity index (χ3n) is 4.39. The molecule has 21 heavy (non-hydrogen) atoms. The van der Waals surface area contributed by atoms with Crippen LogP contribution >= 0.6 is 0 Å². The normalized spacial score (nSPS) is 20.0. The van der Waals surface area contributed by atoms with E-state index in [0.29, 0.717) is 11.9 Å². The Balaban J connectivity index is 1.59. The van der Waals surface area contributed by atoms with Crippen LogP contribution in [0.15, 0.2) is 17.2 Å². The van der Waals surface area contributed by atoms with Crippen molar-refractivity contribution in [3.63, 3.8) is 0 Å². The lowest BCUT2D eigenvalue weighted by Gasteiger charge is -2.35. The molecule has 6 nitrogen and oxygen atoms in total. The van der Waals surface area contributed by atoms with E-state index in [1.807, 2.05) is 10.8 Å². The minimum Gasteiger partial charge on any atom is -0.349 e. The molecule has 2 aliphatic rings. The number of piperazine rings is 1. The van der Waals surface area contributed by atoms with Gasteiger partial charge in [0, 0.05) is 44.6 Å². The van der Waals surface area contributed by atoms with Crippen LogP contribution in [0.3, 0.4) is 0 Å². The third-order valence-corrected chi connectivity index (χ3v) is 4.39. The zero-order valence-corrected chi connectivity index (χ0v) is 12.6. The summed E-state index contributed by atoms with van der Waals surface area (Å²) in [5, 5.41) is 0. The number of nitrogens with zero attached hydrogens (tertiary/aromatic N) is 4. The molecule has 0 radical (unpaired) electrons. The lowest BCUT2D eigenvalue weighted by Crippen LogP contribution is -2.48. The molecule has 0 unspecified atom stereocenters. The molecule has 0 bridgehead atoms. The molecule has 0 spiro atoms. The summed E-state index contributed by atoms with van der Waals surface area (Å²) in [7, 11) is 0.